The number of aryl methyl sites for hydroxylation is 1. The maximum atomic E-state index is 3.99. The van der Waals surface area contributed by atoms with Crippen LogP contribution in [0, 0.1) is 0 Å². The number of aromatic nitrogens is 1. The molecule has 0 bridgehead atoms. The van der Waals surface area contributed by atoms with Crippen LogP contribution in [0.5, 0.6) is 0 Å². The lowest BCUT2D eigenvalue weighted by Gasteiger charge is -2.08. The third-order valence-corrected chi connectivity index (χ3v) is 2.34. The molecule has 0 aliphatic heterocycles. The van der Waals surface area contributed by atoms with E-state index in [2.05, 4.69) is 29.4 Å². The first-order valence-corrected chi connectivity index (χ1v) is 4.89. The van der Waals surface area contributed by atoms with Crippen LogP contribution >= 0.6 is 0 Å². The minimum atomic E-state index is 0.627. The van der Waals surface area contributed by atoms with Crippen LogP contribution in [-0.4, -0.2) is 18.1 Å². The summed E-state index contributed by atoms with van der Waals surface area (Å²) in [4.78, 5) is 3.99. The van der Waals surface area contributed by atoms with Crippen molar-refractivity contribution in [3.05, 3.63) is 30.1 Å². The first kappa shape index (κ1) is 10.2. The van der Waals surface area contributed by atoms with E-state index in [0.717, 1.165) is 6.42 Å². The van der Waals surface area contributed by atoms with Crippen LogP contribution in [0.4, 0.5) is 0 Å². The molecule has 0 spiro atoms. The van der Waals surface area contributed by atoms with Gasteiger partial charge in [0.05, 0.1) is 0 Å². The van der Waals surface area contributed by atoms with E-state index in [1.165, 1.54) is 18.4 Å². The van der Waals surface area contributed by atoms with Gasteiger partial charge in [-0.2, -0.15) is 0 Å². The van der Waals surface area contributed by atoms with Gasteiger partial charge >= 0.3 is 0 Å². The fourth-order valence-electron chi connectivity index (χ4n) is 1.31. The van der Waals surface area contributed by atoms with Crippen LogP contribution in [0.3, 0.4) is 0 Å². The third-order valence-electron chi connectivity index (χ3n) is 2.34. The molecule has 0 amide bonds. The number of rotatable bonds is 5. The zero-order valence-corrected chi connectivity index (χ0v) is 8.46. The highest BCUT2D eigenvalue weighted by Crippen LogP contribution is 2.04. The first-order chi connectivity index (χ1) is 6.33. The van der Waals surface area contributed by atoms with Gasteiger partial charge in [0, 0.05) is 18.4 Å². The highest BCUT2D eigenvalue weighted by atomic mass is 14.8. The molecule has 0 saturated heterocycles. The van der Waals surface area contributed by atoms with Gasteiger partial charge in [0.2, 0.25) is 0 Å². The van der Waals surface area contributed by atoms with Crippen molar-refractivity contribution in [2.45, 2.75) is 32.2 Å². The van der Waals surface area contributed by atoms with Crippen molar-refractivity contribution in [2.75, 3.05) is 7.05 Å². The Morgan fingerprint density at radius 2 is 2.08 bits per heavy atom. The number of hydrogen-bond donors (Lipinski definition) is 1. The topological polar surface area (TPSA) is 24.9 Å². The van der Waals surface area contributed by atoms with Gasteiger partial charge in [0.1, 0.15) is 0 Å². The monoisotopic (exact) mass is 178 g/mol. The standard InChI is InChI=1S/C11H18N2/c1-10(12-2)4-3-5-11-6-8-13-9-7-11/h6-10,12H,3-5H2,1-2H3. The normalized spacial score (nSPS) is 12.8. The quantitative estimate of drug-likeness (QED) is 0.746. The molecular formula is C11H18N2. The molecule has 1 atom stereocenters. The average Bonchev–Trinajstić information content (AvgIpc) is 2.19. The zero-order valence-electron chi connectivity index (χ0n) is 8.46. The predicted octanol–water partition coefficient (Wildman–Crippen LogP) is 2.01. The summed E-state index contributed by atoms with van der Waals surface area (Å²) in [6.45, 7) is 2.21. The first-order valence-electron chi connectivity index (χ1n) is 4.89. The summed E-state index contributed by atoms with van der Waals surface area (Å²) in [5.74, 6) is 0. The summed E-state index contributed by atoms with van der Waals surface area (Å²) in [6.07, 6.45) is 7.35. The van der Waals surface area contributed by atoms with E-state index in [-0.39, 0.29) is 0 Å². The molecule has 1 rings (SSSR count). The van der Waals surface area contributed by atoms with Gasteiger partial charge in [-0.3, -0.25) is 4.98 Å². The van der Waals surface area contributed by atoms with Crippen molar-refractivity contribution < 1.29 is 0 Å². The molecule has 0 aliphatic carbocycles. The molecule has 1 heterocycles. The lowest BCUT2D eigenvalue weighted by atomic mass is 10.1. The van der Waals surface area contributed by atoms with Gasteiger partial charge < -0.3 is 5.32 Å². The Labute approximate surface area is 80.4 Å². The van der Waals surface area contributed by atoms with E-state index >= 15 is 0 Å². The highest BCUT2D eigenvalue weighted by Gasteiger charge is 1.97. The molecule has 1 aromatic heterocycles. The molecule has 1 N–H and O–H groups in total. The van der Waals surface area contributed by atoms with Gasteiger partial charge in [-0.25, -0.2) is 0 Å². The van der Waals surface area contributed by atoms with Crippen LogP contribution in [0.25, 0.3) is 0 Å². The molecule has 0 radical (unpaired) electrons. The Hall–Kier alpha value is -0.890. The summed E-state index contributed by atoms with van der Waals surface area (Å²) < 4.78 is 0. The van der Waals surface area contributed by atoms with Gasteiger partial charge in [-0.15, -0.1) is 0 Å². The molecule has 0 aromatic carbocycles. The predicted molar refractivity (Wildman–Crippen MR) is 55.7 cm³/mol. The largest absolute Gasteiger partial charge is 0.317 e. The Balaban J connectivity index is 2.20. The lowest BCUT2D eigenvalue weighted by molar-refractivity contribution is 0.542. The second-order valence-electron chi connectivity index (χ2n) is 3.44. The van der Waals surface area contributed by atoms with Gasteiger partial charge in [0.25, 0.3) is 0 Å². The van der Waals surface area contributed by atoms with E-state index in [1.807, 2.05) is 19.4 Å². The average molecular weight is 178 g/mol. The number of hydrogen-bond acceptors (Lipinski definition) is 2. The second-order valence-corrected chi connectivity index (χ2v) is 3.44. The molecule has 1 aromatic rings. The maximum absolute atomic E-state index is 3.99. The van der Waals surface area contributed by atoms with E-state index in [0.29, 0.717) is 6.04 Å². The highest BCUT2D eigenvalue weighted by molar-refractivity contribution is 5.09. The smallest absolute Gasteiger partial charge is 0.0270 e. The molecule has 2 heteroatoms. The van der Waals surface area contributed by atoms with Gasteiger partial charge in [-0.05, 0) is 50.9 Å². The number of nitrogens with zero attached hydrogens (tertiary/aromatic N) is 1. The van der Waals surface area contributed by atoms with Crippen molar-refractivity contribution in [3.63, 3.8) is 0 Å². The van der Waals surface area contributed by atoms with Crippen molar-refractivity contribution in [3.8, 4) is 0 Å². The molecular weight excluding hydrogens is 160 g/mol. The van der Waals surface area contributed by atoms with Crippen molar-refractivity contribution in [1.29, 1.82) is 0 Å². The SMILES string of the molecule is CNC(C)CCCc1ccncc1. The molecule has 13 heavy (non-hydrogen) atoms. The Morgan fingerprint density at radius 1 is 1.38 bits per heavy atom. The van der Waals surface area contributed by atoms with E-state index in [4.69, 9.17) is 0 Å². The Bertz CT molecular complexity index is 221. The summed E-state index contributed by atoms with van der Waals surface area (Å²) in [6, 6.07) is 4.80. The van der Waals surface area contributed by atoms with Gasteiger partial charge in [-0.1, -0.05) is 0 Å². The third kappa shape index (κ3) is 4.04. The van der Waals surface area contributed by atoms with Crippen LogP contribution in [0.1, 0.15) is 25.3 Å². The molecule has 0 fully saturated rings. The fraction of sp³-hybridized carbons (Fsp3) is 0.545. The van der Waals surface area contributed by atoms with Crippen LogP contribution in [0.2, 0.25) is 0 Å². The number of pyridine rings is 1. The summed E-state index contributed by atoms with van der Waals surface area (Å²) >= 11 is 0. The van der Waals surface area contributed by atoms with E-state index in [9.17, 15) is 0 Å². The molecule has 2 nitrogen and oxygen atoms in total. The van der Waals surface area contributed by atoms with Crippen LogP contribution < -0.4 is 5.32 Å². The summed E-state index contributed by atoms with van der Waals surface area (Å²) in [5.41, 5.74) is 1.39. The molecule has 1 unspecified atom stereocenters. The van der Waals surface area contributed by atoms with Crippen molar-refractivity contribution >= 4 is 0 Å². The van der Waals surface area contributed by atoms with E-state index < -0.39 is 0 Å². The van der Waals surface area contributed by atoms with Crippen molar-refractivity contribution in [2.24, 2.45) is 0 Å². The lowest BCUT2D eigenvalue weighted by Crippen LogP contribution is -2.20. The molecule has 0 saturated carbocycles. The Morgan fingerprint density at radius 3 is 2.69 bits per heavy atom. The van der Waals surface area contributed by atoms with Crippen LogP contribution in [-0.2, 0) is 6.42 Å². The second kappa shape index (κ2) is 5.70. The summed E-state index contributed by atoms with van der Waals surface area (Å²) in [7, 11) is 2.01. The van der Waals surface area contributed by atoms with Gasteiger partial charge in [0.15, 0.2) is 0 Å². The fourth-order valence-corrected chi connectivity index (χ4v) is 1.31. The minimum Gasteiger partial charge on any atom is -0.317 e. The minimum absolute atomic E-state index is 0.627. The Kier molecular flexibility index (Phi) is 4.47. The summed E-state index contributed by atoms with van der Waals surface area (Å²) in [5, 5.41) is 3.24. The molecule has 72 valence electrons. The van der Waals surface area contributed by atoms with Crippen molar-refractivity contribution in [1.82, 2.24) is 10.3 Å². The van der Waals surface area contributed by atoms with Crippen LogP contribution in [0.15, 0.2) is 24.5 Å². The zero-order chi connectivity index (χ0) is 9.52. The molecule has 0 aliphatic rings. The van der Waals surface area contributed by atoms with E-state index in [1.54, 1.807) is 0 Å². The maximum Gasteiger partial charge on any atom is 0.0270 e. The number of nitrogens with one attached hydrogen (secondary N) is 1.